The lowest BCUT2D eigenvalue weighted by molar-refractivity contribution is -0.118. The zero-order valence-corrected chi connectivity index (χ0v) is 19.0. The number of carbonyl (C=O) groups excluding carboxylic acids is 1. The molecule has 4 rings (SSSR count). The van der Waals surface area contributed by atoms with E-state index in [2.05, 4.69) is 15.5 Å². The van der Waals surface area contributed by atoms with Gasteiger partial charge in [-0.25, -0.2) is 0 Å². The highest BCUT2D eigenvalue weighted by molar-refractivity contribution is 5.92. The molecule has 2 heterocycles. The molecule has 0 atom stereocenters. The standard InChI is InChI=1S/C24H28N4O4/c1-16-9-10-20(19(11-16)28-14-25-26-15-28)30-13-21(29)27-18-8-6-7-17(12-18)22-31-23(2,3)24(4,5)32-22/h6-12,14-15,22H,13H2,1-5H3,(H,27,29). The number of aryl methyl sites for hydroxylation is 1. The summed E-state index contributed by atoms with van der Waals surface area (Å²) >= 11 is 0. The minimum atomic E-state index is -0.494. The quantitative estimate of drug-likeness (QED) is 0.623. The second-order valence-corrected chi connectivity index (χ2v) is 8.89. The number of nitrogens with zero attached hydrogens (tertiary/aromatic N) is 3. The third kappa shape index (κ3) is 4.51. The highest BCUT2D eigenvalue weighted by Crippen LogP contribution is 2.44. The van der Waals surface area contributed by atoms with E-state index >= 15 is 0 Å². The number of amides is 1. The predicted octanol–water partition coefficient (Wildman–Crippen LogP) is 4.20. The topological polar surface area (TPSA) is 87.5 Å². The second kappa shape index (κ2) is 8.37. The molecular weight excluding hydrogens is 408 g/mol. The lowest BCUT2D eigenvalue weighted by Gasteiger charge is -2.30. The fourth-order valence-electron chi connectivity index (χ4n) is 3.36. The molecule has 0 bridgehead atoms. The minimum Gasteiger partial charge on any atom is -0.482 e. The van der Waals surface area contributed by atoms with Crippen molar-refractivity contribution in [2.75, 3.05) is 11.9 Å². The van der Waals surface area contributed by atoms with Crippen LogP contribution in [0.15, 0.2) is 55.1 Å². The van der Waals surface area contributed by atoms with Crippen LogP contribution in [0.3, 0.4) is 0 Å². The Morgan fingerprint density at radius 2 is 1.75 bits per heavy atom. The van der Waals surface area contributed by atoms with Crippen molar-refractivity contribution in [2.45, 2.75) is 52.1 Å². The number of nitrogens with one attached hydrogen (secondary N) is 1. The normalized spacial score (nSPS) is 17.3. The van der Waals surface area contributed by atoms with Gasteiger partial charge < -0.3 is 19.5 Å². The van der Waals surface area contributed by atoms with E-state index in [0.717, 1.165) is 16.8 Å². The van der Waals surface area contributed by atoms with Gasteiger partial charge in [-0.2, -0.15) is 0 Å². The first-order valence-electron chi connectivity index (χ1n) is 10.5. The highest BCUT2D eigenvalue weighted by Gasteiger charge is 2.49. The van der Waals surface area contributed by atoms with Crippen LogP contribution in [-0.2, 0) is 14.3 Å². The number of hydrogen-bond acceptors (Lipinski definition) is 6. The van der Waals surface area contributed by atoms with E-state index in [9.17, 15) is 4.79 Å². The molecule has 8 nitrogen and oxygen atoms in total. The Bertz CT molecular complexity index is 1090. The molecule has 0 spiro atoms. The average molecular weight is 437 g/mol. The Morgan fingerprint density at radius 1 is 1.06 bits per heavy atom. The number of anilines is 1. The van der Waals surface area contributed by atoms with Gasteiger partial charge in [0.15, 0.2) is 12.9 Å². The summed E-state index contributed by atoms with van der Waals surface area (Å²) in [5, 5.41) is 10.6. The van der Waals surface area contributed by atoms with E-state index in [1.54, 1.807) is 17.2 Å². The molecular formula is C24H28N4O4. The molecule has 2 aromatic carbocycles. The molecule has 8 heteroatoms. The van der Waals surface area contributed by atoms with Gasteiger partial charge >= 0.3 is 0 Å². The SMILES string of the molecule is Cc1ccc(OCC(=O)Nc2cccc(C3OC(C)(C)C(C)(C)O3)c2)c(-n2cnnc2)c1. The Hall–Kier alpha value is -3.23. The maximum absolute atomic E-state index is 12.6. The molecule has 0 saturated carbocycles. The first-order chi connectivity index (χ1) is 15.1. The van der Waals surface area contributed by atoms with Crippen LogP contribution in [0, 0.1) is 6.92 Å². The van der Waals surface area contributed by atoms with Crippen LogP contribution in [0.4, 0.5) is 5.69 Å². The average Bonchev–Trinajstić information content (AvgIpc) is 3.33. The molecule has 0 unspecified atom stereocenters. The summed E-state index contributed by atoms with van der Waals surface area (Å²) < 4.78 is 19.7. The van der Waals surface area contributed by atoms with Crippen LogP contribution >= 0.6 is 0 Å². The summed E-state index contributed by atoms with van der Waals surface area (Å²) in [6, 6.07) is 13.2. The van der Waals surface area contributed by atoms with Crippen LogP contribution in [0.2, 0.25) is 0 Å². The van der Waals surface area contributed by atoms with Crippen molar-refractivity contribution in [3.8, 4) is 11.4 Å². The number of aromatic nitrogens is 3. The molecule has 1 amide bonds. The van der Waals surface area contributed by atoms with Crippen molar-refractivity contribution in [3.05, 3.63) is 66.2 Å². The maximum Gasteiger partial charge on any atom is 0.262 e. The van der Waals surface area contributed by atoms with E-state index in [-0.39, 0.29) is 12.5 Å². The van der Waals surface area contributed by atoms with E-state index in [4.69, 9.17) is 14.2 Å². The summed E-state index contributed by atoms with van der Waals surface area (Å²) in [7, 11) is 0. The fraction of sp³-hybridized carbons (Fsp3) is 0.375. The minimum absolute atomic E-state index is 0.140. The van der Waals surface area contributed by atoms with Gasteiger partial charge in [-0.3, -0.25) is 9.36 Å². The zero-order chi connectivity index (χ0) is 22.9. The van der Waals surface area contributed by atoms with Gasteiger partial charge in [0.25, 0.3) is 5.91 Å². The van der Waals surface area contributed by atoms with Gasteiger partial charge in [0.1, 0.15) is 18.4 Å². The van der Waals surface area contributed by atoms with Crippen molar-refractivity contribution >= 4 is 11.6 Å². The van der Waals surface area contributed by atoms with E-state index in [0.29, 0.717) is 11.4 Å². The molecule has 3 aromatic rings. The van der Waals surface area contributed by atoms with Crippen molar-refractivity contribution in [1.29, 1.82) is 0 Å². The van der Waals surface area contributed by atoms with Crippen LogP contribution in [0.5, 0.6) is 5.75 Å². The Morgan fingerprint density at radius 3 is 2.44 bits per heavy atom. The molecule has 0 radical (unpaired) electrons. The van der Waals surface area contributed by atoms with E-state index in [1.807, 2.05) is 77.1 Å². The molecule has 1 saturated heterocycles. The van der Waals surface area contributed by atoms with Gasteiger partial charge in [0, 0.05) is 11.3 Å². The van der Waals surface area contributed by atoms with E-state index < -0.39 is 17.5 Å². The van der Waals surface area contributed by atoms with Crippen molar-refractivity contribution in [3.63, 3.8) is 0 Å². The smallest absolute Gasteiger partial charge is 0.262 e. The van der Waals surface area contributed by atoms with Gasteiger partial charge in [-0.1, -0.05) is 18.2 Å². The van der Waals surface area contributed by atoms with Crippen LogP contribution in [-0.4, -0.2) is 38.5 Å². The summed E-state index contributed by atoms with van der Waals surface area (Å²) in [6.45, 7) is 9.88. The number of ether oxygens (including phenoxy) is 3. The summed E-state index contributed by atoms with van der Waals surface area (Å²) in [5.74, 6) is 0.294. The third-order valence-corrected chi connectivity index (χ3v) is 5.87. The first kappa shape index (κ1) is 22.0. The molecule has 1 N–H and O–H groups in total. The maximum atomic E-state index is 12.6. The van der Waals surface area contributed by atoms with Gasteiger partial charge in [-0.05, 0) is 64.4 Å². The molecule has 1 aliphatic rings. The Balaban J connectivity index is 1.42. The summed E-state index contributed by atoms with van der Waals surface area (Å²) in [5.41, 5.74) is 2.46. The highest BCUT2D eigenvalue weighted by atomic mass is 16.7. The Kier molecular flexibility index (Phi) is 5.75. The number of rotatable bonds is 6. The number of benzene rings is 2. The first-order valence-corrected chi connectivity index (χ1v) is 10.5. The lowest BCUT2D eigenvalue weighted by atomic mass is 9.90. The second-order valence-electron chi connectivity index (χ2n) is 8.89. The monoisotopic (exact) mass is 436 g/mol. The van der Waals surface area contributed by atoms with Gasteiger partial charge in [0.05, 0.1) is 16.9 Å². The fourth-order valence-corrected chi connectivity index (χ4v) is 3.36. The number of hydrogen-bond donors (Lipinski definition) is 1. The molecule has 1 fully saturated rings. The van der Waals surface area contributed by atoms with Crippen LogP contribution in [0.1, 0.15) is 45.1 Å². The predicted molar refractivity (Wildman–Crippen MR) is 120 cm³/mol. The molecule has 168 valence electrons. The lowest BCUT2D eigenvalue weighted by Crippen LogP contribution is -2.41. The van der Waals surface area contributed by atoms with Crippen LogP contribution in [0.25, 0.3) is 5.69 Å². The van der Waals surface area contributed by atoms with Crippen molar-refractivity contribution in [2.24, 2.45) is 0 Å². The molecule has 1 aromatic heterocycles. The largest absolute Gasteiger partial charge is 0.482 e. The summed E-state index contributed by atoms with van der Waals surface area (Å²) in [4.78, 5) is 12.6. The van der Waals surface area contributed by atoms with E-state index in [1.165, 1.54) is 0 Å². The van der Waals surface area contributed by atoms with Gasteiger partial charge in [-0.15, -0.1) is 10.2 Å². The third-order valence-electron chi connectivity index (χ3n) is 5.87. The molecule has 32 heavy (non-hydrogen) atoms. The number of carbonyl (C=O) groups is 1. The van der Waals surface area contributed by atoms with Crippen molar-refractivity contribution in [1.82, 2.24) is 14.8 Å². The molecule has 1 aliphatic heterocycles. The summed E-state index contributed by atoms with van der Waals surface area (Å²) in [6.07, 6.45) is 2.68. The Labute approximate surface area is 187 Å². The molecule has 0 aliphatic carbocycles. The van der Waals surface area contributed by atoms with Gasteiger partial charge in [0.2, 0.25) is 0 Å². The van der Waals surface area contributed by atoms with Crippen LogP contribution < -0.4 is 10.1 Å². The van der Waals surface area contributed by atoms with Crippen molar-refractivity contribution < 1.29 is 19.0 Å². The zero-order valence-electron chi connectivity index (χ0n) is 19.0.